The number of hydrogen-bond acceptors (Lipinski definition) is 4. The Morgan fingerprint density at radius 2 is 2.36 bits per heavy atom. The number of amides is 1. The average Bonchev–Trinajstić information content (AvgIpc) is 2.87. The SMILES string of the molecule is O=C(NCc1ncn[nH]1)c1ccn[nH]1. The van der Waals surface area contributed by atoms with E-state index in [0.717, 1.165) is 0 Å². The minimum absolute atomic E-state index is 0.223. The summed E-state index contributed by atoms with van der Waals surface area (Å²) >= 11 is 0. The number of H-pyrrole nitrogens is 2. The lowest BCUT2D eigenvalue weighted by molar-refractivity contribution is 0.0945. The van der Waals surface area contributed by atoms with E-state index in [1.54, 1.807) is 6.07 Å². The Bertz CT molecular complexity index is 392. The molecule has 7 nitrogen and oxygen atoms in total. The molecule has 0 aromatic carbocycles. The van der Waals surface area contributed by atoms with Crippen molar-refractivity contribution in [2.45, 2.75) is 6.54 Å². The Labute approximate surface area is 78.9 Å². The molecule has 0 bridgehead atoms. The van der Waals surface area contributed by atoms with E-state index in [0.29, 0.717) is 18.1 Å². The van der Waals surface area contributed by atoms with Crippen LogP contribution in [0.3, 0.4) is 0 Å². The fraction of sp³-hybridized carbons (Fsp3) is 0.143. The van der Waals surface area contributed by atoms with E-state index in [1.165, 1.54) is 12.5 Å². The summed E-state index contributed by atoms with van der Waals surface area (Å²) < 4.78 is 0. The van der Waals surface area contributed by atoms with Crippen molar-refractivity contribution in [3.05, 3.63) is 30.1 Å². The maximum absolute atomic E-state index is 11.4. The molecule has 0 unspecified atom stereocenters. The summed E-state index contributed by atoms with van der Waals surface area (Å²) in [7, 11) is 0. The molecule has 0 aliphatic carbocycles. The lowest BCUT2D eigenvalue weighted by Crippen LogP contribution is -2.23. The molecule has 72 valence electrons. The molecule has 7 heteroatoms. The molecule has 0 radical (unpaired) electrons. The molecule has 0 spiro atoms. The summed E-state index contributed by atoms with van der Waals surface area (Å²) in [5.41, 5.74) is 0.421. The third-order valence-electron chi connectivity index (χ3n) is 1.63. The highest BCUT2D eigenvalue weighted by Gasteiger charge is 2.06. The molecule has 0 saturated heterocycles. The standard InChI is InChI=1S/C7H8N6O/c14-7(5-1-2-10-12-5)8-3-6-9-4-11-13-6/h1-2,4H,3H2,(H,8,14)(H,10,12)(H,9,11,13). The van der Waals surface area contributed by atoms with Crippen LogP contribution in [0.4, 0.5) is 0 Å². The number of nitrogens with one attached hydrogen (secondary N) is 3. The molecule has 0 saturated carbocycles. The summed E-state index contributed by atoms with van der Waals surface area (Å²) in [6.45, 7) is 0.317. The monoisotopic (exact) mass is 192 g/mol. The van der Waals surface area contributed by atoms with E-state index in [-0.39, 0.29) is 5.91 Å². The predicted octanol–water partition coefficient (Wildman–Crippen LogP) is -0.542. The third-order valence-corrected chi connectivity index (χ3v) is 1.63. The second kappa shape index (κ2) is 3.69. The van der Waals surface area contributed by atoms with E-state index in [2.05, 4.69) is 30.7 Å². The molecule has 0 aliphatic rings. The van der Waals surface area contributed by atoms with Crippen molar-refractivity contribution in [1.29, 1.82) is 0 Å². The van der Waals surface area contributed by atoms with Crippen LogP contribution in [-0.4, -0.2) is 31.3 Å². The summed E-state index contributed by atoms with van der Waals surface area (Å²) in [4.78, 5) is 15.2. The van der Waals surface area contributed by atoms with Gasteiger partial charge in [-0.3, -0.25) is 15.0 Å². The quantitative estimate of drug-likeness (QED) is 0.608. The van der Waals surface area contributed by atoms with Gasteiger partial charge >= 0.3 is 0 Å². The van der Waals surface area contributed by atoms with Crippen LogP contribution in [0.25, 0.3) is 0 Å². The van der Waals surface area contributed by atoms with Gasteiger partial charge in [0.2, 0.25) is 0 Å². The first-order chi connectivity index (χ1) is 6.86. The molecule has 2 aromatic rings. The number of rotatable bonds is 3. The van der Waals surface area contributed by atoms with Crippen molar-refractivity contribution in [2.75, 3.05) is 0 Å². The Hall–Kier alpha value is -2.18. The van der Waals surface area contributed by atoms with Gasteiger partial charge in [-0.1, -0.05) is 0 Å². The normalized spacial score (nSPS) is 10.0. The van der Waals surface area contributed by atoms with Crippen LogP contribution in [0, 0.1) is 0 Å². The summed E-state index contributed by atoms with van der Waals surface area (Å²) in [6.07, 6.45) is 2.90. The van der Waals surface area contributed by atoms with Crippen LogP contribution in [0.2, 0.25) is 0 Å². The molecule has 0 aliphatic heterocycles. The van der Waals surface area contributed by atoms with E-state index in [1.807, 2.05) is 0 Å². The van der Waals surface area contributed by atoms with Crippen molar-refractivity contribution in [3.63, 3.8) is 0 Å². The molecule has 3 N–H and O–H groups in total. The van der Waals surface area contributed by atoms with Crippen molar-refractivity contribution in [2.24, 2.45) is 0 Å². The first-order valence-corrected chi connectivity index (χ1v) is 3.98. The highest BCUT2D eigenvalue weighted by atomic mass is 16.1. The van der Waals surface area contributed by atoms with Gasteiger partial charge in [0.25, 0.3) is 5.91 Å². The Balaban J connectivity index is 1.90. The molecule has 2 aromatic heterocycles. The lowest BCUT2D eigenvalue weighted by atomic mass is 10.4. The van der Waals surface area contributed by atoms with Crippen molar-refractivity contribution in [1.82, 2.24) is 30.7 Å². The maximum Gasteiger partial charge on any atom is 0.269 e. The second-order valence-corrected chi connectivity index (χ2v) is 2.59. The van der Waals surface area contributed by atoms with Crippen molar-refractivity contribution in [3.8, 4) is 0 Å². The fourth-order valence-corrected chi connectivity index (χ4v) is 0.958. The van der Waals surface area contributed by atoms with Crippen LogP contribution in [0.1, 0.15) is 16.3 Å². The van der Waals surface area contributed by atoms with Gasteiger partial charge in [-0.05, 0) is 6.07 Å². The zero-order valence-electron chi connectivity index (χ0n) is 7.19. The van der Waals surface area contributed by atoms with Gasteiger partial charge in [-0.25, -0.2) is 4.98 Å². The van der Waals surface area contributed by atoms with Gasteiger partial charge in [0.15, 0.2) is 0 Å². The number of aromatic nitrogens is 5. The number of carbonyl (C=O) groups excluding carboxylic acids is 1. The molecule has 1 amide bonds. The molecule has 0 atom stereocenters. The first-order valence-electron chi connectivity index (χ1n) is 3.98. The second-order valence-electron chi connectivity index (χ2n) is 2.59. The van der Waals surface area contributed by atoms with Gasteiger partial charge < -0.3 is 5.32 Å². The van der Waals surface area contributed by atoms with Gasteiger partial charge in [0.1, 0.15) is 17.8 Å². The Kier molecular flexibility index (Phi) is 2.22. The summed E-state index contributed by atoms with van der Waals surface area (Å²) in [5.74, 6) is 0.386. The summed E-state index contributed by atoms with van der Waals surface area (Å²) in [5, 5.41) is 15.2. The Morgan fingerprint density at radius 1 is 1.43 bits per heavy atom. The molecule has 2 heterocycles. The zero-order chi connectivity index (χ0) is 9.80. The predicted molar refractivity (Wildman–Crippen MR) is 46.1 cm³/mol. The van der Waals surface area contributed by atoms with Crippen LogP contribution < -0.4 is 5.32 Å². The van der Waals surface area contributed by atoms with Crippen LogP contribution in [0.15, 0.2) is 18.6 Å². The average molecular weight is 192 g/mol. The maximum atomic E-state index is 11.4. The number of nitrogens with zero attached hydrogens (tertiary/aromatic N) is 3. The van der Waals surface area contributed by atoms with Crippen LogP contribution in [-0.2, 0) is 6.54 Å². The van der Waals surface area contributed by atoms with Crippen LogP contribution in [0.5, 0.6) is 0 Å². The lowest BCUT2D eigenvalue weighted by Gasteiger charge is -1.99. The molecule has 14 heavy (non-hydrogen) atoms. The third kappa shape index (κ3) is 1.76. The summed E-state index contributed by atoms with van der Waals surface area (Å²) in [6, 6.07) is 1.59. The molecular formula is C7H8N6O. The van der Waals surface area contributed by atoms with Crippen molar-refractivity contribution >= 4 is 5.91 Å². The highest BCUT2D eigenvalue weighted by molar-refractivity contribution is 5.91. The van der Waals surface area contributed by atoms with Crippen molar-refractivity contribution < 1.29 is 4.79 Å². The minimum atomic E-state index is -0.223. The number of hydrogen-bond donors (Lipinski definition) is 3. The van der Waals surface area contributed by atoms with Gasteiger partial charge in [0, 0.05) is 6.20 Å². The van der Waals surface area contributed by atoms with E-state index >= 15 is 0 Å². The van der Waals surface area contributed by atoms with E-state index in [4.69, 9.17) is 0 Å². The first kappa shape index (κ1) is 8.42. The molecule has 0 fully saturated rings. The Morgan fingerprint density at radius 3 is 3.00 bits per heavy atom. The number of carbonyl (C=O) groups is 1. The molecular weight excluding hydrogens is 184 g/mol. The van der Waals surface area contributed by atoms with E-state index in [9.17, 15) is 4.79 Å². The van der Waals surface area contributed by atoms with Gasteiger partial charge in [0.05, 0.1) is 6.54 Å². The highest BCUT2D eigenvalue weighted by Crippen LogP contribution is 1.92. The van der Waals surface area contributed by atoms with Gasteiger partial charge in [-0.15, -0.1) is 0 Å². The number of aromatic amines is 2. The zero-order valence-corrected chi connectivity index (χ0v) is 7.19. The van der Waals surface area contributed by atoms with E-state index < -0.39 is 0 Å². The van der Waals surface area contributed by atoms with Gasteiger partial charge in [-0.2, -0.15) is 10.2 Å². The largest absolute Gasteiger partial charge is 0.343 e. The topological polar surface area (TPSA) is 99.3 Å². The van der Waals surface area contributed by atoms with Crippen LogP contribution >= 0.6 is 0 Å². The fourth-order valence-electron chi connectivity index (χ4n) is 0.958. The minimum Gasteiger partial charge on any atom is -0.343 e. The smallest absolute Gasteiger partial charge is 0.269 e. The molecule has 2 rings (SSSR count).